The lowest BCUT2D eigenvalue weighted by atomic mass is 10.1. The van der Waals surface area contributed by atoms with Crippen molar-refractivity contribution in [3.05, 3.63) is 41.5 Å². The second-order valence-electron chi connectivity index (χ2n) is 2.61. The minimum absolute atomic E-state index is 0.427. The molecule has 0 heterocycles. The van der Waals surface area contributed by atoms with E-state index in [9.17, 15) is 4.79 Å². The molecule has 1 rings (SSSR count). The normalized spacial score (nSPS) is 10.5. The van der Waals surface area contributed by atoms with Crippen LogP contribution in [0, 0.1) is 0 Å². The average molecular weight is 240 g/mol. The summed E-state index contributed by atoms with van der Waals surface area (Å²) >= 11 is 3.36. The van der Waals surface area contributed by atoms with Gasteiger partial charge in [-0.3, -0.25) is 4.79 Å². The molecular formula is C10H10BrNO. The summed E-state index contributed by atoms with van der Waals surface area (Å²) < 4.78 is 0. The van der Waals surface area contributed by atoms with E-state index in [0.29, 0.717) is 0 Å². The predicted molar refractivity (Wildman–Crippen MR) is 57.3 cm³/mol. The molecule has 0 saturated carbocycles. The zero-order valence-electron chi connectivity index (χ0n) is 7.03. The molecule has 1 aromatic carbocycles. The highest BCUT2D eigenvalue weighted by Crippen LogP contribution is 2.09. The van der Waals surface area contributed by atoms with Gasteiger partial charge in [0.1, 0.15) is 0 Å². The lowest BCUT2D eigenvalue weighted by Gasteiger charge is -1.96. The molecule has 0 aliphatic heterocycles. The van der Waals surface area contributed by atoms with Gasteiger partial charge in [0.2, 0.25) is 5.91 Å². The van der Waals surface area contributed by atoms with Gasteiger partial charge in [-0.15, -0.1) is 0 Å². The molecule has 0 aliphatic carbocycles. The Morgan fingerprint density at radius 3 is 2.92 bits per heavy atom. The summed E-state index contributed by atoms with van der Waals surface area (Å²) in [6.07, 6.45) is 3.06. The Balaban J connectivity index is 2.83. The summed E-state index contributed by atoms with van der Waals surface area (Å²) in [7, 11) is 0. The van der Waals surface area contributed by atoms with Crippen molar-refractivity contribution in [2.45, 2.75) is 5.33 Å². The smallest absolute Gasteiger partial charge is 0.241 e. The molecule has 3 heteroatoms. The number of benzene rings is 1. The number of primary amides is 1. The van der Waals surface area contributed by atoms with Gasteiger partial charge in [0, 0.05) is 11.4 Å². The molecule has 2 nitrogen and oxygen atoms in total. The summed E-state index contributed by atoms with van der Waals surface area (Å²) in [5, 5.41) is 0.811. The number of carbonyl (C=O) groups excluding carboxylic acids is 1. The van der Waals surface area contributed by atoms with E-state index in [0.717, 1.165) is 10.9 Å². The molecule has 0 fully saturated rings. The van der Waals surface area contributed by atoms with E-state index >= 15 is 0 Å². The predicted octanol–water partition coefficient (Wildman–Crippen LogP) is 2.08. The zero-order chi connectivity index (χ0) is 9.68. The third-order valence-electron chi connectivity index (χ3n) is 1.55. The Kier molecular flexibility index (Phi) is 3.71. The van der Waals surface area contributed by atoms with Crippen molar-refractivity contribution < 1.29 is 4.79 Å². The van der Waals surface area contributed by atoms with E-state index in [1.165, 1.54) is 11.6 Å². The molecule has 0 unspecified atom stereocenters. The molecule has 13 heavy (non-hydrogen) atoms. The average Bonchev–Trinajstić information content (AvgIpc) is 2.15. The fraction of sp³-hybridized carbons (Fsp3) is 0.100. The van der Waals surface area contributed by atoms with Crippen molar-refractivity contribution in [2.75, 3.05) is 0 Å². The summed E-state index contributed by atoms with van der Waals surface area (Å²) in [6, 6.07) is 7.87. The van der Waals surface area contributed by atoms with Crippen LogP contribution in [0.3, 0.4) is 0 Å². The van der Waals surface area contributed by atoms with Crippen LogP contribution in [-0.4, -0.2) is 5.91 Å². The standard InChI is InChI=1S/C10H10BrNO/c11-7-9-3-1-2-8(6-9)4-5-10(12)13/h1-6H,7H2,(H2,12,13). The number of alkyl halides is 1. The van der Waals surface area contributed by atoms with Crippen molar-refractivity contribution in [1.29, 1.82) is 0 Å². The van der Waals surface area contributed by atoms with Gasteiger partial charge >= 0.3 is 0 Å². The van der Waals surface area contributed by atoms with E-state index in [-0.39, 0.29) is 0 Å². The number of hydrogen-bond donors (Lipinski definition) is 1. The van der Waals surface area contributed by atoms with Crippen molar-refractivity contribution in [3.8, 4) is 0 Å². The van der Waals surface area contributed by atoms with Crippen molar-refractivity contribution in [3.63, 3.8) is 0 Å². The Hall–Kier alpha value is -1.09. The van der Waals surface area contributed by atoms with Crippen LogP contribution in [0.4, 0.5) is 0 Å². The molecule has 0 aliphatic rings. The van der Waals surface area contributed by atoms with E-state index < -0.39 is 5.91 Å². The third-order valence-corrected chi connectivity index (χ3v) is 2.19. The van der Waals surface area contributed by atoms with Gasteiger partial charge in [-0.05, 0) is 17.2 Å². The second kappa shape index (κ2) is 4.82. The van der Waals surface area contributed by atoms with Gasteiger partial charge < -0.3 is 5.73 Å². The minimum Gasteiger partial charge on any atom is -0.366 e. The highest BCUT2D eigenvalue weighted by Gasteiger charge is 1.91. The Bertz CT molecular complexity index is 333. The highest BCUT2D eigenvalue weighted by atomic mass is 79.9. The molecule has 2 N–H and O–H groups in total. The fourth-order valence-corrected chi connectivity index (χ4v) is 1.31. The van der Waals surface area contributed by atoms with Crippen LogP contribution in [-0.2, 0) is 10.1 Å². The summed E-state index contributed by atoms with van der Waals surface area (Å²) in [6.45, 7) is 0. The molecular weight excluding hydrogens is 230 g/mol. The first-order chi connectivity index (χ1) is 6.22. The summed E-state index contributed by atoms with van der Waals surface area (Å²) in [5.41, 5.74) is 7.13. The third kappa shape index (κ3) is 3.42. The molecule has 68 valence electrons. The largest absolute Gasteiger partial charge is 0.366 e. The van der Waals surface area contributed by atoms with Crippen LogP contribution >= 0.6 is 15.9 Å². The van der Waals surface area contributed by atoms with E-state index in [1.807, 2.05) is 24.3 Å². The van der Waals surface area contributed by atoms with Crippen LogP contribution in [0.1, 0.15) is 11.1 Å². The highest BCUT2D eigenvalue weighted by molar-refractivity contribution is 9.08. The van der Waals surface area contributed by atoms with Crippen molar-refractivity contribution >= 4 is 27.9 Å². The minimum atomic E-state index is -0.427. The van der Waals surface area contributed by atoms with Crippen LogP contribution in [0.25, 0.3) is 6.08 Å². The maximum Gasteiger partial charge on any atom is 0.241 e. The maximum absolute atomic E-state index is 10.5. The SMILES string of the molecule is NC(=O)C=Cc1cccc(CBr)c1. The monoisotopic (exact) mass is 239 g/mol. The number of nitrogens with two attached hydrogens (primary N) is 1. The Labute approximate surface area is 85.6 Å². The van der Waals surface area contributed by atoms with E-state index in [4.69, 9.17) is 5.73 Å². The van der Waals surface area contributed by atoms with Gasteiger partial charge in [0.15, 0.2) is 0 Å². The number of amides is 1. The fourth-order valence-electron chi connectivity index (χ4n) is 0.958. The van der Waals surface area contributed by atoms with Crippen molar-refractivity contribution in [2.24, 2.45) is 5.73 Å². The number of hydrogen-bond acceptors (Lipinski definition) is 1. The molecule has 1 aromatic rings. The molecule has 0 saturated heterocycles. The molecule has 0 bridgehead atoms. The lowest BCUT2D eigenvalue weighted by Crippen LogP contribution is -2.05. The van der Waals surface area contributed by atoms with Crippen molar-refractivity contribution in [1.82, 2.24) is 0 Å². The van der Waals surface area contributed by atoms with Gasteiger partial charge in [-0.2, -0.15) is 0 Å². The van der Waals surface area contributed by atoms with E-state index in [2.05, 4.69) is 15.9 Å². The van der Waals surface area contributed by atoms with Gasteiger partial charge in [-0.25, -0.2) is 0 Å². The van der Waals surface area contributed by atoms with Crippen LogP contribution in [0.5, 0.6) is 0 Å². The van der Waals surface area contributed by atoms with Crippen LogP contribution < -0.4 is 5.73 Å². The first kappa shape index (κ1) is 9.99. The zero-order valence-corrected chi connectivity index (χ0v) is 8.62. The van der Waals surface area contributed by atoms with E-state index in [1.54, 1.807) is 6.08 Å². The quantitative estimate of drug-likeness (QED) is 0.637. The first-order valence-corrected chi connectivity index (χ1v) is 4.97. The molecule has 0 spiro atoms. The lowest BCUT2D eigenvalue weighted by molar-refractivity contribution is -0.113. The molecule has 0 atom stereocenters. The summed E-state index contributed by atoms with van der Waals surface area (Å²) in [5.74, 6) is -0.427. The number of carbonyl (C=O) groups is 1. The molecule has 1 amide bonds. The Morgan fingerprint density at radius 2 is 2.31 bits per heavy atom. The first-order valence-electron chi connectivity index (χ1n) is 3.85. The second-order valence-corrected chi connectivity index (χ2v) is 3.18. The maximum atomic E-state index is 10.5. The molecule has 0 aromatic heterocycles. The van der Waals surface area contributed by atoms with Crippen LogP contribution in [0.15, 0.2) is 30.3 Å². The number of rotatable bonds is 3. The van der Waals surface area contributed by atoms with Gasteiger partial charge in [0.25, 0.3) is 0 Å². The Morgan fingerprint density at radius 1 is 1.54 bits per heavy atom. The number of halogens is 1. The molecule has 0 radical (unpaired) electrons. The van der Waals surface area contributed by atoms with Crippen LogP contribution in [0.2, 0.25) is 0 Å². The van der Waals surface area contributed by atoms with Gasteiger partial charge in [-0.1, -0.05) is 40.2 Å². The summed E-state index contributed by atoms with van der Waals surface area (Å²) in [4.78, 5) is 10.5. The van der Waals surface area contributed by atoms with Gasteiger partial charge in [0.05, 0.1) is 0 Å². The topological polar surface area (TPSA) is 43.1 Å².